The van der Waals surface area contributed by atoms with E-state index in [0.29, 0.717) is 11.8 Å². The summed E-state index contributed by atoms with van der Waals surface area (Å²) in [5, 5.41) is 4.11. The molecule has 0 radical (unpaired) electrons. The average molecular weight is 235 g/mol. The predicted octanol–water partition coefficient (Wildman–Crippen LogP) is 2.08. The molecule has 2 fully saturated rings. The van der Waals surface area contributed by atoms with Crippen molar-refractivity contribution in [3.63, 3.8) is 0 Å². The SMILES string of the molecule is CC(C)CCc1noc(C2CN3CCC2C3)n1. The molecule has 4 nitrogen and oxygen atoms in total. The third-order valence-corrected chi connectivity index (χ3v) is 4.08. The van der Waals surface area contributed by atoms with Crippen LogP contribution in [0.25, 0.3) is 0 Å². The molecule has 2 aliphatic heterocycles. The molecule has 2 bridgehead atoms. The maximum atomic E-state index is 5.45. The van der Waals surface area contributed by atoms with Crippen LogP contribution in [0.3, 0.4) is 0 Å². The largest absolute Gasteiger partial charge is 0.339 e. The summed E-state index contributed by atoms with van der Waals surface area (Å²) >= 11 is 0. The van der Waals surface area contributed by atoms with Crippen molar-refractivity contribution < 1.29 is 4.52 Å². The van der Waals surface area contributed by atoms with Gasteiger partial charge in [0.15, 0.2) is 5.82 Å². The van der Waals surface area contributed by atoms with Crippen molar-refractivity contribution in [2.24, 2.45) is 11.8 Å². The lowest BCUT2D eigenvalue weighted by Crippen LogP contribution is -2.22. The zero-order chi connectivity index (χ0) is 11.8. The molecule has 0 saturated carbocycles. The molecule has 1 aromatic rings. The minimum atomic E-state index is 0.504. The van der Waals surface area contributed by atoms with E-state index in [0.717, 1.165) is 37.0 Å². The van der Waals surface area contributed by atoms with Crippen molar-refractivity contribution >= 4 is 0 Å². The van der Waals surface area contributed by atoms with Gasteiger partial charge in [0.1, 0.15) is 0 Å². The van der Waals surface area contributed by atoms with E-state index in [-0.39, 0.29) is 0 Å². The van der Waals surface area contributed by atoms with E-state index in [1.54, 1.807) is 0 Å². The number of hydrogen-bond donors (Lipinski definition) is 0. The number of fused-ring (bicyclic) bond motifs is 2. The molecule has 0 N–H and O–H groups in total. The van der Waals surface area contributed by atoms with E-state index >= 15 is 0 Å². The Morgan fingerprint density at radius 2 is 2.29 bits per heavy atom. The van der Waals surface area contributed by atoms with Crippen molar-refractivity contribution in [3.05, 3.63) is 11.7 Å². The summed E-state index contributed by atoms with van der Waals surface area (Å²) in [5.41, 5.74) is 0. The van der Waals surface area contributed by atoms with E-state index < -0.39 is 0 Å². The lowest BCUT2D eigenvalue weighted by molar-refractivity contribution is 0.288. The van der Waals surface area contributed by atoms with Crippen molar-refractivity contribution in [3.8, 4) is 0 Å². The molecule has 4 heteroatoms. The number of aromatic nitrogens is 2. The number of nitrogens with zero attached hydrogens (tertiary/aromatic N) is 3. The van der Waals surface area contributed by atoms with Crippen LogP contribution < -0.4 is 0 Å². The van der Waals surface area contributed by atoms with Crippen LogP contribution in [0.2, 0.25) is 0 Å². The highest BCUT2D eigenvalue weighted by Crippen LogP contribution is 2.38. The number of aryl methyl sites for hydroxylation is 1. The number of hydrogen-bond acceptors (Lipinski definition) is 4. The van der Waals surface area contributed by atoms with Gasteiger partial charge in [-0.1, -0.05) is 19.0 Å². The first-order valence-electron chi connectivity index (χ1n) is 6.77. The summed E-state index contributed by atoms with van der Waals surface area (Å²) in [6, 6.07) is 0. The van der Waals surface area contributed by atoms with E-state index in [1.807, 2.05) is 0 Å². The highest BCUT2D eigenvalue weighted by Gasteiger charge is 2.41. The molecular weight excluding hydrogens is 214 g/mol. The van der Waals surface area contributed by atoms with Crippen molar-refractivity contribution in [2.45, 2.75) is 39.0 Å². The minimum absolute atomic E-state index is 0.504. The van der Waals surface area contributed by atoms with E-state index in [2.05, 4.69) is 28.9 Å². The second-order valence-electron chi connectivity index (χ2n) is 5.90. The van der Waals surface area contributed by atoms with Gasteiger partial charge in [-0.25, -0.2) is 0 Å². The van der Waals surface area contributed by atoms with E-state index in [9.17, 15) is 0 Å². The van der Waals surface area contributed by atoms with Crippen LogP contribution in [0, 0.1) is 11.8 Å². The molecule has 3 rings (SSSR count). The van der Waals surface area contributed by atoms with Gasteiger partial charge in [-0.2, -0.15) is 4.98 Å². The van der Waals surface area contributed by atoms with Crippen LogP contribution in [-0.2, 0) is 6.42 Å². The Hall–Kier alpha value is -0.900. The molecule has 17 heavy (non-hydrogen) atoms. The molecule has 2 saturated heterocycles. The Kier molecular flexibility index (Phi) is 2.90. The van der Waals surface area contributed by atoms with Crippen molar-refractivity contribution in [2.75, 3.05) is 19.6 Å². The van der Waals surface area contributed by atoms with Crippen LogP contribution in [0.1, 0.15) is 44.3 Å². The fourth-order valence-corrected chi connectivity index (χ4v) is 3.00. The highest BCUT2D eigenvalue weighted by atomic mass is 16.5. The number of piperidine rings is 1. The monoisotopic (exact) mass is 235 g/mol. The van der Waals surface area contributed by atoms with Gasteiger partial charge >= 0.3 is 0 Å². The van der Waals surface area contributed by atoms with Gasteiger partial charge in [-0.15, -0.1) is 0 Å². The van der Waals surface area contributed by atoms with Crippen LogP contribution in [0.4, 0.5) is 0 Å². The lowest BCUT2D eigenvalue weighted by atomic mass is 9.93. The molecule has 1 aromatic heterocycles. The molecular formula is C13H21N3O. The third-order valence-electron chi connectivity index (χ3n) is 4.08. The molecule has 94 valence electrons. The summed E-state index contributed by atoms with van der Waals surface area (Å²) < 4.78 is 5.45. The summed E-state index contributed by atoms with van der Waals surface area (Å²) in [6.07, 6.45) is 3.38. The Morgan fingerprint density at radius 3 is 2.94 bits per heavy atom. The van der Waals surface area contributed by atoms with Crippen LogP contribution in [0.5, 0.6) is 0 Å². The summed E-state index contributed by atoms with van der Waals surface area (Å²) in [7, 11) is 0. The minimum Gasteiger partial charge on any atom is -0.339 e. The van der Waals surface area contributed by atoms with Crippen molar-refractivity contribution in [1.82, 2.24) is 15.0 Å². The normalized spacial score (nSPS) is 31.6. The molecule has 2 aliphatic rings. The Balaban J connectivity index is 1.64. The van der Waals surface area contributed by atoms with Gasteiger partial charge in [0.25, 0.3) is 0 Å². The molecule has 0 amide bonds. The quantitative estimate of drug-likeness (QED) is 0.801. The summed E-state index contributed by atoms with van der Waals surface area (Å²) in [4.78, 5) is 7.09. The van der Waals surface area contributed by atoms with Gasteiger partial charge in [-0.05, 0) is 31.2 Å². The van der Waals surface area contributed by atoms with Gasteiger partial charge in [0, 0.05) is 19.5 Å². The maximum absolute atomic E-state index is 5.45. The highest BCUT2D eigenvalue weighted by molar-refractivity contribution is 5.05. The smallest absolute Gasteiger partial charge is 0.231 e. The first kappa shape index (κ1) is 11.2. The second-order valence-corrected chi connectivity index (χ2v) is 5.90. The van der Waals surface area contributed by atoms with Crippen LogP contribution in [0.15, 0.2) is 4.52 Å². The average Bonchev–Trinajstić information content (AvgIpc) is 3.01. The third kappa shape index (κ3) is 2.23. The van der Waals surface area contributed by atoms with Gasteiger partial charge < -0.3 is 9.42 Å². The van der Waals surface area contributed by atoms with Crippen LogP contribution >= 0.6 is 0 Å². The fraction of sp³-hybridized carbons (Fsp3) is 0.846. The van der Waals surface area contributed by atoms with Crippen LogP contribution in [-0.4, -0.2) is 34.7 Å². The Labute approximate surface area is 102 Å². The van der Waals surface area contributed by atoms with Crippen molar-refractivity contribution in [1.29, 1.82) is 0 Å². The first-order valence-corrected chi connectivity index (χ1v) is 6.77. The van der Waals surface area contributed by atoms with E-state index in [1.165, 1.54) is 19.5 Å². The molecule has 0 aliphatic carbocycles. The predicted molar refractivity (Wildman–Crippen MR) is 64.7 cm³/mol. The molecule has 0 spiro atoms. The van der Waals surface area contributed by atoms with Gasteiger partial charge in [0.05, 0.1) is 5.92 Å². The van der Waals surface area contributed by atoms with E-state index in [4.69, 9.17) is 4.52 Å². The zero-order valence-corrected chi connectivity index (χ0v) is 10.7. The summed E-state index contributed by atoms with van der Waals surface area (Å²) in [5.74, 6) is 3.74. The lowest BCUT2D eigenvalue weighted by Gasteiger charge is -2.17. The van der Waals surface area contributed by atoms with Gasteiger partial charge in [-0.3, -0.25) is 0 Å². The number of rotatable bonds is 4. The standard InChI is InChI=1S/C13H21N3O/c1-9(2)3-4-12-14-13(17-15-12)11-8-16-6-5-10(11)7-16/h9-11H,3-8H2,1-2H3. The first-order chi connectivity index (χ1) is 8.22. The molecule has 0 aromatic carbocycles. The molecule has 3 atom stereocenters. The zero-order valence-electron chi connectivity index (χ0n) is 10.7. The second kappa shape index (κ2) is 4.41. The molecule has 3 unspecified atom stereocenters. The Bertz CT molecular complexity index is 388. The fourth-order valence-electron chi connectivity index (χ4n) is 3.00. The van der Waals surface area contributed by atoms with Gasteiger partial charge in [0.2, 0.25) is 5.89 Å². The maximum Gasteiger partial charge on any atom is 0.231 e. The molecule has 3 heterocycles. The topological polar surface area (TPSA) is 42.2 Å². The Morgan fingerprint density at radius 1 is 1.41 bits per heavy atom. The summed E-state index contributed by atoms with van der Waals surface area (Å²) in [6.45, 7) is 8.06.